The number of esters is 1. The lowest BCUT2D eigenvalue weighted by molar-refractivity contribution is -0.158. The van der Waals surface area contributed by atoms with E-state index in [1.54, 1.807) is 12.1 Å². The van der Waals surface area contributed by atoms with Crippen molar-refractivity contribution in [3.05, 3.63) is 24.2 Å². The maximum absolute atomic E-state index is 12.1. The number of imide groups is 1. The first-order valence-corrected chi connectivity index (χ1v) is 7.30. The van der Waals surface area contributed by atoms with Crippen molar-refractivity contribution in [2.24, 2.45) is 5.92 Å². The number of rotatable bonds is 5. The summed E-state index contributed by atoms with van der Waals surface area (Å²) in [5.41, 5.74) is 0. The molecule has 2 atom stereocenters. The van der Waals surface area contributed by atoms with Crippen molar-refractivity contribution in [2.45, 2.75) is 26.0 Å². The molecule has 9 heteroatoms. The molecule has 1 aliphatic heterocycles. The molecule has 2 rings (SSSR count). The SMILES string of the molecule is COC(=O)NC(=O)[C@H](C)OC(=O)[C@H]1CC(=O)N(Cc2ccco2)C1. The largest absolute Gasteiger partial charge is 0.467 e. The molecule has 3 amide bonds. The van der Waals surface area contributed by atoms with E-state index in [4.69, 9.17) is 9.15 Å². The third kappa shape index (κ3) is 4.34. The lowest BCUT2D eigenvalue weighted by atomic mass is 10.1. The van der Waals surface area contributed by atoms with Gasteiger partial charge in [0.15, 0.2) is 6.10 Å². The second-order valence-corrected chi connectivity index (χ2v) is 5.31. The smallest absolute Gasteiger partial charge is 0.413 e. The Labute approximate surface area is 137 Å². The van der Waals surface area contributed by atoms with Crippen LogP contribution in [0.1, 0.15) is 19.1 Å². The maximum Gasteiger partial charge on any atom is 0.413 e. The number of likely N-dealkylation sites (tertiary alicyclic amines) is 1. The van der Waals surface area contributed by atoms with E-state index in [-0.39, 0.29) is 25.4 Å². The summed E-state index contributed by atoms with van der Waals surface area (Å²) in [5, 5.41) is 1.91. The van der Waals surface area contributed by atoms with Gasteiger partial charge in [-0.3, -0.25) is 19.7 Å². The molecule has 1 N–H and O–H groups in total. The molecule has 24 heavy (non-hydrogen) atoms. The normalized spacial score (nSPS) is 18.2. The highest BCUT2D eigenvalue weighted by molar-refractivity contribution is 5.95. The topological polar surface area (TPSA) is 115 Å². The van der Waals surface area contributed by atoms with Gasteiger partial charge in [0, 0.05) is 13.0 Å². The van der Waals surface area contributed by atoms with Gasteiger partial charge in [0.1, 0.15) is 5.76 Å². The Hall–Kier alpha value is -2.84. The molecule has 0 saturated carbocycles. The van der Waals surface area contributed by atoms with Gasteiger partial charge in [0.25, 0.3) is 5.91 Å². The Bertz CT molecular complexity index is 626. The molecule has 1 aromatic heterocycles. The molecule has 0 radical (unpaired) electrons. The third-order valence-electron chi connectivity index (χ3n) is 3.55. The van der Waals surface area contributed by atoms with Crippen molar-refractivity contribution in [3.8, 4) is 0 Å². The first kappa shape index (κ1) is 17.5. The van der Waals surface area contributed by atoms with E-state index in [2.05, 4.69) is 4.74 Å². The molecule has 1 fully saturated rings. The zero-order chi connectivity index (χ0) is 17.7. The van der Waals surface area contributed by atoms with Crippen LogP contribution in [0.25, 0.3) is 0 Å². The molecule has 130 valence electrons. The molecule has 0 unspecified atom stereocenters. The minimum absolute atomic E-state index is 0.00484. The van der Waals surface area contributed by atoms with Crippen molar-refractivity contribution in [1.29, 1.82) is 0 Å². The Morgan fingerprint density at radius 1 is 1.46 bits per heavy atom. The molecular formula is C15H18N2O7. The highest BCUT2D eigenvalue weighted by atomic mass is 16.6. The number of amides is 3. The van der Waals surface area contributed by atoms with E-state index in [1.165, 1.54) is 18.1 Å². The number of nitrogens with zero attached hydrogens (tertiary/aromatic N) is 1. The first-order valence-electron chi connectivity index (χ1n) is 7.30. The molecule has 2 heterocycles. The monoisotopic (exact) mass is 338 g/mol. The summed E-state index contributed by atoms with van der Waals surface area (Å²) < 4.78 is 14.5. The zero-order valence-electron chi connectivity index (χ0n) is 13.3. The van der Waals surface area contributed by atoms with Crippen LogP contribution >= 0.6 is 0 Å². The number of hydrogen-bond donors (Lipinski definition) is 1. The van der Waals surface area contributed by atoms with E-state index in [0.717, 1.165) is 7.11 Å². The van der Waals surface area contributed by atoms with Crippen LogP contribution < -0.4 is 5.32 Å². The van der Waals surface area contributed by atoms with E-state index in [9.17, 15) is 19.2 Å². The minimum Gasteiger partial charge on any atom is -0.467 e. The van der Waals surface area contributed by atoms with Gasteiger partial charge in [-0.1, -0.05) is 0 Å². The van der Waals surface area contributed by atoms with Crippen molar-refractivity contribution in [3.63, 3.8) is 0 Å². The summed E-state index contributed by atoms with van der Waals surface area (Å²) in [6.45, 7) is 1.78. The van der Waals surface area contributed by atoms with Gasteiger partial charge in [-0.05, 0) is 19.1 Å². The van der Waals surface area contributed by atoms with Crippen LogP contribution in [0.15, 0.2) is 22.8 Å². The van der Waals surface area contributed by atoms with Gasteiger partial charge < -0.3 is 18.8 Å². The van der Waals surface area contributed by atoms with Crippen LogP contribution in [0.5, 0.6) is 0 Å². The minimum atomic E-state index is -1.18. The molecule has 0 bridgehead atoms. The van der Waals surface area contributed by atoms with Crippen LogP contribution in [-0.4, -0.2) is 48.5 Å². The lowest BCUT2D eigenvalue weighted by Crippen LogP contribution is -2.40. The summed E-state index contributed by atoms with van der Waals surface area (Å²) in [7, 11) is 1.11. The molecule has 1 aromatic rings. The number of alkyl carbamates (subject to hydrolysis) is 1. The molecule has 1 aliphatic rings. The molecule has 0 aromatic carbocycles. The van der Waals surface area contributed by atoms with Crippen LogP contribution in [0.4, 0.5) is 4.79 Å². The van der Waals surface area contributed by atoms with Crippen LogP contribution in [0, 0.1) is 5.92 Å². The van der Waals surface area contributed by atoms with Gasteiger partial charge in [-0.15, -0.1) is 0 Å². The average Bonchev–Trinajstić information content (AvgIpc) is 3.17. The first-order chi connectivity index (χ1) is 11.4. The average molecular weight is 338 g/mol. The van der Waals surface area contributed by atoms with Gasteiger partial charge in [0.2, 0.25) is 5.91 Å². The van der Waals surface area contributed by atoms with E-state index in [0.29, 0.717) is 5.76 Å². The van der Waals surface area contributed by atoms with Crippen molar-refractivity contribution in [1.82, 2.24) is 10.2 Å². The Balaban J connectivity index is 1.85. The zero-order valence-corrected chi connectivity index (χ0v) is 13.3. The summed E-state index contributed by atoms with van der Waals surface area (Å²) in [5.74, 6) is -1.71. The molecular weight excluding hydrogens is 320 g/mol. The predicted molar refractivity (Wildman–Crippen MR) is 78.3 cm³/mol. The quantitative estimate of drug-likeness (QED) is 0.775. The highest BCUT2D eigenvalue weighted by Crippen LogP contribution is 2.22. The van der Waals surface area contributed by atoms with Crippen molar-refractivity contribution < 1.29 is 33.1 Å². The molecule has 0 spiro atoms. The van der Waals surface area contributed by atoms with Crippen LogP contribution in [0.2, 0.25) is 0 Å². The number of carbonyl (C=O) groups excluding carboxylic acids is 4. The number of carbonyl (C=O) groups is 4. The van der Waals surface area contributed by atoms with Gasteiger partial charge >= 0.3 is 12.1 Å². The lowest BCUT2D eigenvalue weighted by Gasteiger charge is -2.16. The molecule has 0 aliphatic carbocycles. The molecule has 1 saturated heterocycles. The van der Waals surface area contributed by atoms with Crippen molar-refractivity contribution in [2.75, 3.05) is 13.7 Å². The number of nitrogens with one attached hydrogen (secondary N) is 1. The fourth-order valence-corrected chi connectivity index (χ4v) is 2.25. The fraction of sp³-hybridized carbons (Fsp3) is 0.467. The number of methoxy groups -OCH3 is 1. The van der Waals surface area contributed by atoms with Crippen LogP contribution in [0.3, 0.4) is 0 Å². The van der Waals surface area contributed by atoms with Crippen molar-refractivity contribution >= 4 is 23.9 Å². The number of furan rings is 1. The number of hydrogen-bond acceptors (Lipinski definition) is 7. The fourth-order valence-electron chi connectivity index (χ4n) is 2.25. The Morgan fingerprint density at radius 3 is 2.83 bits per heavy atom. The van der Waals surface area contributed by atoms with Gasteiger partial charge in [-0.2, -0.15) is 0 Å². The van der Waals surface area contributed by atoms with E-state index >= 15 is 0 Å². The Morgan fingerprint density at radius 2 is 2.21 bits per heavy atom. The van der Waals surface area contributed by atoms with Gasteiger partial charge in [0.05, 0.1) is 25.8 Å². The van der Waals surface area contributed by atoms with E-state index < -0.39 is 30.0 Å². The third-order valence-corrected chi connectivity index (χ3v) is 3.55. The molecule has 9 nitrogen and oxygen atoms in total. The Kier molecular flexibility index (Phi) is 5.56. The summed E-state index contributed by atoms with van der Waals surface area (Å²) in [4.78, 5) is 48.1. The summed E-state index contributed by atoms with van der Waals surface area (Å²) in [6.07, 6.45) is -0.608. The second-order valence-electron chi connectivity index (χ2n) is 5.31. The standard InChI is InChI=1S/C15H18N2O7/c1-9(13(19)16-15(21)22-2)24-14(20)10-6-12(18)17(7-10)8-11-4-3-5-23-11/h3-5,9-10H,6-8H2,1-2H3,(H,16,19,21)/t9-,10-/m0/s1. The predicted octanol–water partition coefficient (Wildman–Crippen LogP) is 0.442. The maximum atomic E-state index is 12.1. The van der Waals surface area contributed by atoms with Crippen LogP contribution in [-0.2, 0) is 30.4 Å². The van der Waals surface area contributed by atoms with Gasteiger partial charge in [-0.25, -0.2) is 4.79 Å². The summed E-state index contributed by atoms with van der Waals surface area (Å²) >= 11 is 0. The second kappa shape index (κ2) is 7.62. The highest BCUT2D eigenvalue weighted by Gasteiger charge is 2.37. The van der Waals surface area contributed by atoms with E-state index in [1.807, 2.05) is 5.32 Å². The summed E-state index contributed by atoms with van der Waals surface area (Å²) in [6, 6.07) is 3.45. The number of ether oxygens (including phenoxy) is 2.